The third kappa shape index (κ3) is 6.29. The highest BCUT2D eigenvalue weighted by atomic mass is 79.9. The largest absolute Gasteiger partial charge is 0.460 e. The molecule has 1 N–H and O–H groups in total. The Hall–Kier alpha value is -1.66. The normalized spacial score (nSPS) is 11.1. The predicted molar refractivity (Wildman–Crippen MR) is 106 cm³/mol. The Kier molecular flexibility index (Phi) is 6.41. The highest BCUT2D eigenvalue weighted by Gasteiger charge is 2.18. The molecule has 25 heavy (non-hydrogen) atoms. The van der Waals surface area contributed by atoms with Gasteiger partial charge in [-0.05, 0) is 50.6 Å². The van der Waals surface area contributed by atoms with Crippen LogP contribution in [0.5, 0.6) is 0 Å². The number of hydrogen-bond donors (Lipinski definition) is 1. The molecule has 2 aromatic carbocycles. The van der Waals surface area contributed by atoms with Crippen LogP contribution in [0.4, 0.5) is 5.69 Å². The van der Waals surface area contributed by atoms with Crippen molar-refractivity contribution in [2.24, 2.45) is 0 Å². The van der Waals surface area contributed by atoms with Gasteiger partial charge < -0.3 is 10.1 Å². The van der Waals surface area contributed by atoms with Crippen LogP contribution in [0.25, 0.3) is 0 Å². The molecule has 0 aromatic heterocycles. The number of rotatable bonds is 4. The third-order valence-corrected chi connectivity index (χ3v) is 4.06. The van der Waals surface area contributed by atoms with Crippen LogP contribution in [0.3, 0.4) is 0 Å². The molecule has 0 aliphatic heterocycles. The topological polar surface area (TPSA) is 55.4 Å². The van der Waals surface area contributed by atoms with Crippen LogP contribution in [0.1, 0.15) is 36.7 Å². The number of para-hydroxylation sites is 1. The number of halogens is 2. The lowest BCUT2D eigenvalue weighted by Crippen LogP contribution is -2.25. The van der Waals surface area contributed by atoms with Gasteiger partial charge in [0.25, 0.3) is 5.91 Å². The molecule has 0 fully saturated rings. The Morgan fingerprint density at radius 2 is 1.64 bits per heavy atom. The van der Waals surface area contributed by atoms with Crippen LogP contribution in [0, 0.1) is 0 Å². The van der Waals surface area contributed by atoms with E-state index < -0.39 is 5.60 Å². The first-order chi connectivity index (χ1) is 11.6. The van der Waals surface area contributed by atoms with Gasteiger partial charge in [-0.2, -0.15) is 0 Å². The maximum Gasteiger partial charge on any atom is 0.310 e. The summed E-state index contributed by atoms with van der Waals surface area (Å²) in [5, 5.41) is 2.86. The minimum absolute atomic E-state index is 0.0932. The fourth-order valence-corrected chi connectivity index (χ4v) is 3.50. The van der Waals surface area contributed by atoms with Crippen LogP contribution in [-0.4, -0.2) is 17.5 Å². The van der Waals surface area contributed by atoms with Gasteiger partial charge >= 0.3 is 5.97 Å². The molecule has 2 aromatic rings. The number of benzene rings is 2. The van der Waals surface area contributed by atoms with E-state index in [-0.39, 0.29) is 18.3 Å². The second-order valence-corrected chi connectivity index (χ2v) is 8.36. The predicted octanol–water partition coefficient (Wildman–Crippen LogP) is 5.35. The average molecular weight is 469 g/mol. The van der Waals surface area contributed by atoms with Gasteiger partial charge in [0.2, 0.25) is 0 Å². The van der Waals surface area contributed by atoms with Crippen molar-refractivity contribution >= 4 is 49.4 Å². The smallest absolute Gasteiger partial charge is 0.310 e. The molecule has 0 saturated carbocycles. The first kappa shape index (κ1) is 19.7. The standard InChI is InChI=1S/C19H19Br2NO3/c1-19(2,3)25-17(23)10-12-6-4-5-7-16(12)22-18(24)13-8-14(20)11-15(21)9-13/h4-9,11H,10H2,1-3H3,(H,22,24). The SMILES string of the molecule is CC(C)(C)OC(=O)Cc1ccccc1NC(=O)c1cc(Br)cc(Br)c1. The molecule has 0 bridgehead atoms. The van der Waals surface area contributed by atoms with Crippen molar-refractivity contribution in [2.75, 3.05) is 5.32 Å². The monoisotopic (exact) mass is 467 g/mol. The summed E-state index contributed by atoms with van der Waals surface area (Å²) in [4.78, 5) is 24.6. The minimum Gasteiger partial charge on any atom is -0.460 e. The zero-order valence-corrected chi connectivity index (χ0v) is 17.4. The van der Waals surface area contributed by atoms with Crippen LogP contribution in [0.2, 0.25) is 0 Å². The minimum atomic E-state index is -0.544. The maximum atomic E-state index is 12.5. The third-order valence-electron chi connectivity index (χ3n) is 3.15. The zero-order chi connectivity index (χ0) is 18.6. The van der Waals surface area contributed by atoms with E-state index in [0.717, 1.165) is 8.95 Å². The lowest BCUT2D eigenvalue weighted by Gasteiger charge is -2.20. The van der Waals surface area contributed by atoms with Crippen molar-refractivity contribution < 1.29 is 14.3 Å². The van der Waals surface area contributed by atoms with Crippen LogP contribution >= 0.6 is 31.9 Å². The molecule has 0 heterocycles. The van der Waals surface area contributed by atoms with Gasteiger partial charge in [-0.15, -0.1) is 0 Å². The van der Waals surface area contributed by atoms with E-state index in [1.165, 1.54) is 0 Å². The number of nitrogens with one attached hydrogen (secondary N) is 1. The van der Waals surface area contributed by atoms with Gasteiger partial charge in [-0.25, -0.2) is 0 Å². The van der Waals surface area contributed by atoms with E-state index in [1.54, 1.807) is 24.3 Å². The molecule has 0 unspecified atom stereocenters. The molecule has 0 radical (unpaired) electrons. The highest BCUT2D eigenvalue weighted by Crippen LogP contribution is 2.23. The summed E-state index contributed by atoms with van der Waals surface area (Å²) < 4.78 is 6.95. The Morgan fingerprint density at radius 1 is 1.04 bits per heavy atom. The van der Waals surface area contributed by atoms with Gasteiger partial charge in [-0.1, -0.05) is 50.1 Å². The van der Waals surface area contributed by atoms with E-state index >= 15 is 0 Å². The molecular formula is C19H19Br2NO3. The first-order valence-corrected chi connectivity index (χ1v) is 9.30. The molecule has 2 rings (SSSR count). The Bertz CT molecular complexity index is 777. The van der Waals surface area contributed by atoms with E-state index in [9.17, 15) is 9.59 Å². The molecule has 6 heteroatoms. The van der Waals surface area contributed by atoms with Crippen molar-refractivity contribution in [3.8, 4) is 0 Å². The number of esters is 1. The van der Waals surface area contributed by atoms with Crippen molar-refractivity contribution in [3.05, 3.63) is 62.5 Å². The summed E-state index contributed by atoms with van der Waals surface area (Å²) in [5.74, 6) is -0.585. The maximum absolute atomic E-state index is 12.5. The van der Waals surface area contributed by atoms with Crippen LogP contribution in [-0.2, 0) is 16.0 Å². The van der Waals surface area contributed by atoms with E-state index in [0.29, 0.717) is 16.8 Å². The summed E-state index contributed by atoms with van der Waals surface area (Å²) in [5.41, 5.74) is 1.26. The molecule has 0 aliphatic carbocycles. The number of ether oxygens (including phenoxy) is 1. The van der Waals surface area contributed by atoms with Crippen molar-refractivity contribution in [3.63, 3.8) is 0 Å². The zero-order valence-electron chi connectivity index (χ0n) is 14.2. The fourth-order valence-electron chi connectivity index (χ4n) is 2.21. The molecule has 132 valence electrons. The molecule has 0 atom stereocenters. The van der Waals surface area contributed by atoms with Gasteiger partial charge in [-0.3, -0.25) is 9.59 Å². The lowest BCUT2D eigenvalue weighted by molar-refractivity contribution is -0.153. The second-order valence-electron chi connectivity index (χ2n) is 6.53. The van der Waals surface area contributed by atoms with Crippen molar-refractivity contribution in [1.82, 2.24) is 0 Å². The van der Waals surface area contributed by atoms with Gasteiger partial charge in [0.05, 0.1) is 6.42 Å². The molecule has 0 saturated heterocycles. The molecule has 0 aliphatic rings. The Morgan fingerprint density at radius 3 is 2.24 bits per heavy atom. The van der Waals surface area contributed by atoms with E-state index in [4.69, 9.17) is 4.74 Å². The van der Waals surface area contributed by atoms with Crippen molar-refractivity contribution in [1.29, 1.82) is 0 Å². The second kappa shape index (κ2) is 8.15. The number of anilines is 1. The molecular weight excluding hydrogens is 450 g/mol. The van der Waals surface area contributed by atoms with Crippen LogP contribution in [0.15, 0.2) is 51.4 Å². The summed E-state index contributed by atoms with van der Waals surface area (Å²) in [7, 11) is 0. The first-order valence-electron chi connectivity index (χ1n) is 7.71. The van der Waals surface area contributed by atoms with E-state index in [2.05, 4.69) is 37.2 Å². The Labute approximate surface area is 164 Å². The summed E-state index contributed by atoms with van der Waals surface area (Å²) in [6, 6.07) is 12.5. The quantitative estimate of drug-likeness (QED) is 0.615. The summed E-state index contributed by atoms with van der Waals surface area (Å²) in [6.45, 7) is 5.47. The average Bonchev–Trinajstić information content (AvgIpc) is 2.46. The molecule has 1 amide bonds. The summed E-state index contributed by atoms with van der Waals surface area (Å²) >= 11 is 6.74. The van der Waals surface area contributed by atoms with Crippen molar-refractivity contribution in [2.45, 2.75) is 32.8 Å². The van der Waals surface area contributed by atoms with Crippen LogP contribution < -0.4 is 5.32 Å². The molecule has 0 spiro atoms. The number of hydrogen-bond acceptors (Lipinski definition) is 3. The number of amides is 1. The van der Waals surface area contributed by atoms with Gasteiger partial charge in [0.1, 0.15) is 5.60 Å². The van der Waals surface area contributed by atoms with E-state index in [1.807, 2.05) is 39.0 Å². The summed E-state index contributed by atoms with van der Waals surface area (Å²) in [6.07, 6.45) is 0.0932. The highest BCUT2D eigenvalue weighted by molar-refractivity contribution is 9.11. The number of carbonyl (C=O) groups excluding carboxylic acids is 2. The molecule has 4 nitrogen and oxygen atoms in total. The number of carbonyl (C=O) groups is 2. The lowest BCUT2D eigenvalue weighted by atomic mass is 10.1. The van der Waals surface area contributed by atoms with Gasteiger partial charge in [0.15, 0.2) is 0 Å². The Balaban J connectivity index is 2.17. The fraction of sp³-hybridized carbons (Fsp3) is 0.263. The van der Waals surface area contributed by atoms with Gasteiger partial charge in [0, 0.05) is 20.2 Å².